The standard InChI is InChI=1S/C19H21N8O/c1-25-14-17(12-21-25)27-8-5-20-13-18(27)23-19(24-27)22-15-3-2-4-16(11-15)26-6-9-28-10-7-26/h2-5,8,11-14H,6-7,9-10H2,1H3,(H,22,24)/q+1. The third kappa shape index (κ3) is 2.90. The maximum absolute atomic E-state index is 5.45. The molecule has 5 rings (SSSR count). The predicted octanol–water partition coefficient (Wildman–Crippen LogP) is 1.91. The number of hydrogen-bond donors (Lipinski definition) is 1. The predicted molar refractivity (Wildman–Crippen MR) is 111 cm³/mol. The third-order valence-electron chi connectivity index (χ3n) is 4.94. The Bertz CT molecular complexity index is 1010. The smallest absolute Gasteiger partial charge is 0.287 e. The molecule has 1 atom stereocenters. The van der Waals surface area contributed by atoms with E-state index in [1.165, 1.54) is 0 Å². The van der Waals surface area contributed by atoms with Crippen LogP contribution in [0, 0.1) is 0 Å². The molecule has 142 valence electrons. The first-order chi connectivity index (χ1) is 13.7. The van der Waals surface area contributed by atoms with Crippen molar-refractivity contribution in [2.75, 3.05) is 36.5 Å². The maximum atomic E-state index is 5.45. The molecule has 9 heteroatoms. The molecule has 0 bridgehead atoms. The fraction of sp³-hybridized carbons (Fsp3) is 0.263. The Hall–Kier alpha value is -3.30. The van der Waals surface area contributed by atoms with Crippen LogP contribution in [0.1, 0.15) is 0 Å². The summed E-state index contributed by atoms with van der Waals surface area (Å²) in [4.78, 5) is 11.2. The van der Waals surface area contributed by atoms with Crippen molar-refractivity contribution in [2.45, 2.75) is 0 Å². The molecule has 3 aliphatic rings. The zero-order chi connectivity index (χ0) is 19.0. The van der Waals surface area contributed by atoms with E-state index in [4.69, 9.17) is 9.84 Å². The number of nitrogens with zero attached hydrogens (tertiary/aromatic N) is 7. The first-order valence-corrected chi connectivity index (χ1v) is 9.21. The van der Waals surface area contributed by atoms with Crippen LogP contribution in [-0.2, 0) is 11.8 Å². The van der Waals surface area contributed by atoms with Crippen molar-refractivity contribution in [2.24, 2.45) is 22.1 Å². The van der Waals surface area contributed by atoms with Crippen molar-refractivity contribution < 1.29 is 4.74 Å². The van der Waals surface area contributed by atoms with Gasteiger partial charge in [-0.3, -0.25) is 9.67 Å². The number of amidine groups is 1. The molecule has 28 heavy (non-hydrogen) atoms. The topological polar surface area (TPSA) is 79.4 Å². The third-order valence-corrected chi connectivity index (χ3v) is 4.94. The van der Waals surface area contributed by atoms with Crippen molar-refractivity contribution >= 4 is 35.1 Å². The summed E-state index contributed by atoms with van der Waals surface area (Å²) in [6.07, 6.45) is 9.09. The minimum absolute atomic E-state index is 0.128. The second kappa shape index (κ2) is 6.70. The van der Waals surface area contributed by atoms with Gasteiger partial charge in [0.15, 0.2) is 6.20 Å². The summed E-state index contributed by atoms with van der Waals surface area (Å²) in [5.41, 5.74) is 3.01. The molecule has 0 amide bonds. The van der Waals surface area contributed by atoms with Crippen LogP contribution in [0.15, 0.2) is 64.1 Å². The van der Waals surface area contributed by atoms with Crippen molar-refractivity contribution in [3.63, 3.8) is 0 Å². The molecule has 1 saturated heterocycles. The molecule has 1 aromatic heterocycles. The highest BCUT2D eigenvalue weighted by Crippen LogP contribution is 2.30. The van der Waals surface area contributed by atoms with Crippen LogP contribution >= 0.6 is 0 Å². The average molecular weight is 377 g/mol. The Morgan fingerprint density at radius 3 is 2.93 bits per heavy atom. The highest BCUT2D eigenvalue weighted by Gasteiger charge is 2.43. The molecular formula is C19H21N8O+. The molecular weight excluding hydrogens is 356 g/mol. The van der Waals surface area contributed by atoms with E-state index in [0.29, 0.717) is 5.96 Å². The molecule has 3 aliphatic heterocycles. The van der Waals surface area contributed by atoms with Gasteiger partial charge in [-0.1, -0.05) is 10.7 Å². The fourth-order valence-corrected chi connectivity index (χ4v) is 3.52. The molecule has 0 radical (unpaired) electrons. The van der Waals surface area contributed by atoms with E-state index in [2.05, 4.69) is 37.4 Å². The monoisotopic (exact) mass is 377 g/mol. The normalized spacial score (nSPS) is 23.4. The van der Waals surface area contributed by atoms with Crippen molar-refractivity contribution in [3.05, 3.63) is 49.1 Å². The van der Waals surface area contributed by atoms with Gasteiger partial charge in [0.05, 0.1) is 25.6 Å². The minimum atomic E-state index is 0.128. The van der Waals surface area contributed by atoms with Gasteiger partial charge in [0.1, 0.15) is 12.4 Å². The van der Waals surface area contributed by atoms with Gasteiger partial charge in [0.25, 0.3) is 11.8 Å². The highest BCUT2D eigenvalue weighted by molar-refractivity contribution is 6.38. The van der Waals surface area contributed by atoms with Crippen LogP contribution in [0.4, 0.5) is 17.1 Å². The summed E-state index contributed by atoms with van der Waals surface area (Å²) in [5.74, 6) is 1.26. The van der Waals surface area contributed by atoms with Gasteiger partial charge in [-0.15, -0.1) is 0 Å². The maximum Gasteiger partial charge on any atom is 0.287 e. The van der Waals surface area contributed by atoms with Crippen molar-refractivity contribution in [3.8, 4) is 0 Å². The lowest BCUT2D eigenvalue weighted by Gasteiger charge is -2.29. The Morgan fingerprint density at radius 1 is 1.21 bits per heavy atom. The molecule has 1 aromatic carbocycles. The largest absolute Gasteiger partial charge is 0.378 e. The number of fused-ring (bicyclic) bond motifs is 1. The number of aromatic nitrogens is 2. The van der Waals surface area contributed by atoms with Gasteiger partial charge in [0.2, 0.25) is 5.69 Å². The minimum Gasteiger partial charge on any atom is -0.378 e. The zero-order valence-corrected chi connectivity index (χ0v) is 15.6. The summed E-state index contributed by atoms with van der Waals surface area (Å²) < 4.78 is 7.33. The van der Waals surface area contributed by atoms with E-state index in [9.17, 15) is 0 Å². The van der Waals surface area contributed by atoms with E-state index in [1.54, 1.807) is 23.3 Å². The molecule has 9 nitrogen and oxygen atoms in total. The number of nitrogens with one attached hydrogen (secondary N) is 1. The van der Waals surface area contributed by atoms with Crippen LogP contribution in [0.3, 0.4) is 0 Å². The number of guanidine groups is 1. The number of aryl methyl sites for hydroxylation is 1. The first-order valence-electron chi connectivity index (χ1n) is 9.21. The lowest BCUT2D eigenvalue weighted by atomic mass is 10.2. The number of aliphatic imine (C=N–C) groups is 2. The van der Waals surface area contributed by atoms with Crippen molar-refractivity contribution in [1.29, 1.82) is 0 Å². The number of anilines is 2. The quantitative estimate of drug-likeness (QED) is 0.829. The van der Waals surface area contributed by atoms with Gasteiger partial charge >= 0.3 is 0 Å². The summed E-state index contributed by atoms with van der Waals surface area (Å²) in [6.45, 7) is 3.31. The van der Waals surface area contributed by atoms with E-state index in [0.717, 1.165) is 49.2 Å². The Labute approximate surface area is 162 Å². The van der Waals surface area contributed by atoms with Crippen LogP contribution in [-0.4, -0.2) is 54.1 Å². The van der Waals surface area contributed by atoms with Gasteiger partial charge in [-0.2, -0.15) is 10.1 Å². The van der Waals surface area contributed by atoms with E-state index >= 15 is 0 Å². The van der Waals surface area contributed by atoms with Crippen molar-refractivity contribution in [1.82, 2.24) is 14.4 Å². The first kappa shape index (κ1) is 16.8. The fourth-order valence-electron chi connectivity index (χ4n) is 3.52. The average Bonchev–Trinajstić information content (AvgIpc) is 3.33. The Morgan fingerprint density at radius 2 is 2.11 bits per heavy atom. The summed E-state index contributed by atoms with van der Waals surface area (Å²) >= 11 is 0. The molecule has 1 unspecified atom stereocenters. The number of benzene rings is 1. The number of rotatable bonds is 3. The van der Waals surface area contributed by atoms with Crippen LogP contribution in [0.25, 0.3) is 0 Å². The Kier molecular flexibility index (Phi) is 4.03. The molecule has 1 N–H and O–H groups in total. The second-order valence-electron chi connectivity index (χ2n) is 6.80. The number of morpholine rings is 1. The lowest BCUT2D eigenvalue weighted by molar-refractivity contribution is 0.122. The van der Waals surface area contributed by atoms with E-state index in [1.807, 2.05) is 31.6 Å². The molecule has 0 spiro atoms. The van der Waals surface area contributed by atoms with Crippen LogP contribution in [0.2, 0.25) is 0 Å². The lowest BCUT2D eigenvalue weighted by Crippen LogP contribution is -2.44. The molecule has 0 aliphatic carbocycles. The summed E-state index contributed by atoms with van der Waals surface area (Å²) in [5, 5.41) is 12.5. The molecule has 1 fully saturated rings. The van der Waals surface area contributed by atoms with Crippen LogP contribution < -0.4 is 14.8 Å². The second-order valence-corrected chi connectivity index (χ2v) is 6.80. The van der Waals surface area contributed by atoms with Gasteiger partial charge < -0.3 is 15.0 Å². The van der Waals surface area contributed by atoms with E-state index < -0.39 is 0 Å². The van der Waals surface area contributed by atoms with Gasteiger partial charge in [0, 0.05) is 31.5 Å². The molecule has 4 heterocycles. The molecule has 2 aromatic rings. The van der Waals surface area contributed by atoms with Crippen LogP contribution in [0.5, 0.6) is 0 Å². The number of ether oxygens (including phenoxy) is 1. The molecule has 0 saturated carbocycles. The summed E-state index contributed by atoms with van der Waals surface area (Å²) in [6, 6.07) is 8.28. The summed E-state index contributed by atoms with van der Waals surface area (Å²) in [7, 11) is 1.89. The van der Waals surface area contributed by atoms with E-state index in [-0.39, 0.29) is 4.59 Å². The highest BCUT2D eigenvalue weighted by atomic mass is 16.5. The van der Waals surface area contributed by atoms with Gasteiger partial charge in [-0.05, 0) is 23.3 Å². The number of hydrogen-bond acceptors (Lipinski definition) is 7. The Balaban J connectivity index is 1.44. The SMILES string of the molecule is Cn1cc([N+]23C=CN=CC2=NC(Nc2cccc(N4CCOCC4)c2)=N3)cn1. The number of quaternary nitrogens is 1. The zero-order valence-electron chi connectivity index (χ0n) is 15.6. The van der Waals surface area contributed by atoms with Gasteiger partial charge in [-0.25, -0.2) is 0 Å².